The second-order valence-electron chi connectivity index (χ2n) is 7.17. The van der Waals surface area contributed by atoms with Gasteiger partial charge >= 0.3 is 0 Å². The Bertz CT molecular complexity index is 974. The van der Waals surface area contributed by atoms with Crippen molar-refractivity contribution < 1.29 is 21.9 Å². The molecule has 0 radical (unpaired) electrons. The number of halogens is 2. The Labute approximate surface area is 163 Å². The first kappa shape index (κ1) is 20.6. The first-order valence-electron chi connectivity index (χ1n) is 9.01. The number of benzene rings is 1. The lowest BCUT2D eigenvalue weighted by Gasteiger charge is -2.38. The number of sulfonamides is 1. The van der Waals surface area contributed by atoms with E-state index in [-0.39, 0.29) is 22.6 Å². The van der Waals surface area contributed by atoms with Crippen LogP contribution < -0.4 is 15.2 Å². The zero-order chi connectivity index (χ0) is 20.5. The van der Waals surface area contributed by atoms with Crippen molar-refractivity contribution in [2.24, 2.45) is 5.14 Å². The molecule has 152 valence electrons. The van der Waals surface area contributed by atoms with E-state index in [4.69, 9.17) is 9.88 Å². The van der Waals surface area contributed by atoms with Gasteiger partial charge in [-0.2, -0.15) is 0 Å². The van der Waals surface area contributed by atoms with Gasteiger partial charge in [0, 0.05) is 11.5 Å². The summed E-state index contributed by atoms with van der Waals surface area (Å²) in [5.74, 6) is -1.72. The molecule has 3 rings (SSSR count). The Balaban J connectivity index is 2.28. The van der Waals surface area contributed by atoms with Crippen LogP contribution in [0.5, 0.6) is 5.88 Å². The molecule has 2 aromatic rings. The predicted octanol–water partition coefficient (Wildman–Crippen LogP) is 2.46. The number of rotatable bonds is 5. The number of hydrogen-bond donors (Lipinski definition) is 2. The second-order valence-corrected chi connectivity index (χ2v) is 8.70. The maximum atomic E-state index is 14.0. The monoisotopic (exact) mass is 411 g/mol. The molecule has 3 N–H and O–H groups in total. The van der Waals surface area contributed by atoms with Gasteiger partial charge in [-0.05, 0) is 63.5 Å². The van der Waals surface area contributed by atoms with Crippen molar-refractivity contribution in [1.82, 2.24) is 10.3 Å². The zero-order valence-electron chi connectivity index (χ0n) is 15.7. The molecular formula is C19H23F2N3O3S. The molecule has 1 aromatic heterocycles. The topological polar surface area (TPSA) is 94.3 Å². The van der Waals surface area contributed by atoms with Crippen LogP contribution in [0, 0.1) is 11.6 Å². The van der Waals surface area contributed by atoms with Crippen molar-refractivity contribution in [3.8, 4) is 5.88 Å². The van der Waals surface area contributed by atoms with Crippen molar-refractivity contribution in [3.05, 3.63) is 53.2 Å². The molecule has 2 heterocycles. The molecule has 0 saturated carbocycles. The van der Waals surface area contributed by atoms with Gasteiger partial charge in [0.05, 0.1) is 11.8 Å². The maximum Gasteiger partial charge on any atom is 0.239 e. The standard InChI is InChI=1S/C19H23F2N3O3S/c1-12(2)27-17-6-5-16(28(22,25)26)18(24-17)19(7-9-23-10-8-19)13-3-4-14(20)15(21)11-13/h3-6,11-12,23H,7-10H2,1-2H3,(H2,22,25,26). The first-order valence-corrected chi connectivity index (χ1v) is 10.6. The van der Waals surface area contributed by atoms with Gasteiger partial charge in [0.15, 0.2) is 11.6 Å². The van der Waals surface area contributed by atoms with Crippen LogP contribution >= 0.6 is 0 Å². The van der Waals surface area contributed by atoms with Crippen molar-refractivity contribution in [3.63, 3.8) is 0 Å². The Kier molecular flexibility index (Phi) is 5.69. The van der Waals surface area contributed by atoms with Crippen LogP contribution in [-0.4, -0.2) is 32.6 Å². The Morgan fingerprint density at radius 3 is 2.39 bits per heavy atom. The average Bonchev–Trinajstić information content (AvgIpc) is 2.63. The van der Waals surface area contributed by atoms with Crippen LogP contribution in [0.3, 0.4) is 0 Å². The second kappa shape index (κ2) is 7.73. The molecule has 0 amide bonds. The number of aromatic nitrogens is 1. The lowest BCUT2D eigenvalue weighted by atomic mass is 9.70. The summed E-state index contributed by atoms with van der Waals surface area (Å²) < 4.78 is 57.7. The van der Waals surface area contributed by atoms with E-state index in [1.54, 1.807) is 0 Å². The molecule has 9 heteroatoms. The number of pyridine rings is 1. The van der Waals surface area contributed by atoms with E-state index in [9.17, 15) is 17.2 Å². The average molecular weight is 411 g/mol. The summed E-state index contributed by atoms with van der Waals surface area (Å²) in [6.07, 6.45) is 0.713. The highest BCUT2D eigenvalue weighted by molar-refractivity contribution is 7.89. The summed E-state index contributed by atoms with van der Waals surface area (Å²) in [5.41, 5.74) is -0.301. The summed E-state index contributed by atoms with van der Waals surface area (Å²) in [6.45, 7) is 4.76. The zero-order valence-corrected chi connectivity index (χ0v) is 16.5. The summed E-state index contributed by atoms with van der Waals surface area (Å²) in [4.78, 5) is 4.33. The Morgan fingerprint density at radius 1 is 1.14 bits per heavy atom. The van der Waals surface area contributed by atoms with Crippen LogP contribution in [0.15, 0.2) is 35.2 Å². The van der Waals surface area contributed by atoms with E-state index in [2.05, 4.69) is 10.3 Å². The minimum absolute atomic E-state index is 0.143. The van der Waals surface area contributed by atoms with E-state index in [0.29, 0.717) is 31.5 Å². The quantitative estimate of drug-likeness (QED) is 0.788. The number of hydrogen-bond acceptors (Lipinski definition) is 5. The van der Waals surface area contributed by atoms with Crippen LogP contribution in [0.25, 0.3) is 0 Å². The lowest BCUT2D eigenvalue weighted by Crippen LogP contribution is -2.42. The summed E-state index contributed by atoms with van der Waals surface area (Å²) in [5, 5.41) is 8.65. The van der Waals surface area contributed by atoms with Crippen LogP contribution in [-0.2, 0) is 15.4 Å². The Hall–Kier alpha value is -2.10. The third-order valence-corrected chi connectivity index (χ3v) is 5.82. The molecule has 0 spiro atoms. The fourth-order valence-electron chi connectivity index (χ4n) is 3.62. The van der Waals surface area contributed by atoms with Crippen LogP contribution in [0.2, 0.25) is 0 Å². The molecule has 1 fully saturated rings. The smallest absolute Gasteiger partial charge is 0.239 e. The number of primary sulfonamides is 1. The van der Waals surface area contributed by atoms with E-state index in [1.807, 2.05) is 13.8 Å². The van der Waals surface area contributed by atoms with E-state index < -0.39 is 27.1 Å². The van der Waals surface area contributed by atoms with Crippen molar-refractivity contribution in [2.75, 3.05) is 13.1 Å². The van der Waals surface area contributed by atoms with Gasteiger partial charge < -0.3 is 10.1 Å². The van der Waals surface area contributed by atoms with E-state index in [0.717, 1.165) is 12.1 Å². The van der Waals surface area contributed by atoms with Crippen molar-refractivity contribution >= 4 is 10.0 Å². The third kappa shape index (κ3) is 4.01. The first-order chi connectivity index (χ1) is 13.1. The number of nitrogens with zero attached hydrogens (tertiary/aromatic N) is 1. The molecule has 0 aliphatic carbocycles. The largest absolute Gasteiger partial charge is 0.475 e. The van der Waals surface area contributed by atoms with E-state index in [1.165, 1.54) is 18.2 Å². The lowest BCUT2D eigenvalue weighted by molar-refractivity contribution is 0.229. The SMILES string of the molecule is CC(C)Oc1ccc(S(N)(=O)=O)c(C2(c3ccc(F)c(F)c3)CCNCC2)n1. The molecule has 0 bridgehead atoms. The number of piperidine rings is 1. The van der Waals surface area contributed by atoms with E-state index >= 15 is 0 Å². The number of ether oxygens (including phenoxy) is 1. The highest BCUT2D eigenvalue weighted by Gasteiger charge is 2.41. The van der Waals surface area contributed by atoms with Gasteiger partial charge in [0.25, 0.3) is 0 Å². The molecule has 1 aliphatic heterocycles. The van der Waals surface area contributed by atoms with Gasteiger partial charge in [-0.3, -0.25) is 0 Å². The van der Waals surface area contributed by atoms with Gasteiger partial charge in [-0.1, -0.05) is 6.07 Å². The van der Waals surface area contributed by atoms with Gasteiger partial charge in [-0.25, -0.2) is 27.3 Å². The summed E-state index contributed by atoms with van der Waals surface area (Å²) in [7, 11) is -4.10. The number of nitrogens with two attached hydrogens (primary N) is 1. The van der Waals surface area contributed by atoms with Crippen LogP contribution in [0.1, 0.15) is 37.9 Å². The molecular weight excluding hydrogens is 388 g/mol. The molecule has 1 saturated heterocycles. The number of nitrogens with one attached hydrogen (secondary N) is 1. The molecule has 1 aromatic carbocycles. The van der Waals surface area contributed by atoms with Gasteiger partial charge in [0.2, 0.25) is 15.9 Å². The molecule has 28 heavy (non-hydrogen) atoms. The van der Waals surface area contributed by atoms with Gasteiger partial charge in [-0.15, -0.1) is 0 Å². The maximum absolute atomic E-state index is 14.0. The Morgan fingerprint density at radius 2 is 1.82 bits per heavy atom. The van der Waals surface area contributed by atoms with Crippen molar-refractivity contribution in [2.45, 2.75) is 43.1 Å². The predicted molar refractivity (Wildman–Crippen MR) is 101 cm³/mol. The van der Waals surface area contributed by atoms with Crippen LogP contribution in [0.4, 0.5) is 8.78 Å². The van der Waals surface area contributed by atoms with Crippen molar-refractivity contribution in [1.29, 1.82) is 0 Å². The third-order valence-electron chi connectivity index (χ3n) is 4.88. The minimum Gasteiger partial charge on any atom is -0.475 e. The highest BCUT2D eigenvalue weighted by Crippen LogP contribution is 2.42. The minimum atomic E-state index is -4.10. The molecule has 6 nitrogen and oxygen atoms in total. The fraction of sp³-hybridized carbons (Fsp3) is 0.421. The summed E-state index contributed by atoms with van der Waals surface area (Å²) in [6, 6.07) is 6.42. The highest BCUT2D eigenvalue weighted by atomic mass is 32.2. The summed E-state index contributed by atoms with van der Waals surface area (Å²) >= 11 is 0. The molecule has 0 unspecified atom stereocenters. The molecule has 1 aliphatic rings. The molecule has 0 atom stereocenters. The van der Waals surface area contributed by atoms with Gasteiger partial charge in [0.1, 0.15) is 4.90 Å². The fourth-order valence-corrected chi connectivity index (χ4v) is 4.39. The normalized spacial score (nSPS) is 16.9.